The number of carbonyl (C=O) groups excluding carboxylic acids is 1. The Balaban J connectivity index is 2.11. The lowest BCUT2D eigenvalue weighted by atomic mass is 10.0. The van der Waals surface area contributed by atoms with Crippen LogP contribution in [0.4, 0.5) is 0 Å². The molecule has 0 aliphatic heterocycles. The molecule has 0 unspecified atom stereocenters. The van der Waals surface area contributed by atoms with Crippen molar-refractivity contribution in [3.63, 3.8) is 0 Å². The zero-order chi connectivity index (χ0) is 20.6. The summed E-state index contributed by atoms with van der Waals surface area (Å²) >= 11 is 0. The normalized spacial score (nSPS) is 13.1. The Hall–Kier alpha value is -2.76. The molecule has 0 aliphatic carbocycles. The summed E-state index contributed by atoms with van der Waals surface area (Å²) < 4.78 is 1.92. The molecule has 0 fully saturated rings. The Morgan fingerprint density at radius 3 is 2.36 bits per heavy atom. The summed E-state index contributed by atoms with van der Waals surface area (Å²) in [6.07, 6.45) is 3.47. The van der Waals surface area contributed by atoms with Crippen molar-refractivity contribution in [1.29, 1.82) is 0 Å². The second-order valence-corrected chi connectivity index (χ2v) is 8.59. The highest BCUT2D eigenvalue weighted by Gasteiger charge is 2.25. The van der Waals surface area contributed by atoms with Gasteiger partial charge in [0.05, 0.1) is 28.2 Å². The SMILES string of the molecule is Cc1nn(C(C)(C)C)c2nc(C(C)C)cc(C(=O)N[C@@H](C)c3ccncc3)c12. The first kappa shape index (κ1) is 20.0. The van der Waals surface area contributed by atoms with E-state index in [2.05, 4.69) is 44.9 Å². The number of aromatic nitrogens is 4. The zero-order valence-electron chi connectivity index (χ0n) is 17.7. The Morgan fingerprint density at radius 1 is 1.14 bits per heavy atom. The third-order valence-corrected chi connectivity index (χ3v) is 4.86. The van der Waals surface area contributed by atoms with E-state index in [0.717, 1.165) is 28.0 Å². The summed E-state index contributed by atoms with van der Waals surface area (Å²) in [4.78, 5) is 22.1. The summed E-state index contributed by atoms with van der Waals surface area (Å²) in [5.41, 5.74) is 3.88. The molecular weight excluding hydrogens is 350 g/mol. The van der Waals surface area contributed by atoms with Gasteiger partial charge in [-0.05, 0) is 64.3 Å². The largest absolute Gasteiger partial charge is 0.345 e. The molecule has 0 bridgehead atoms. The maximum absolute atomic E-state index is 13.2. The summed E-state index contributed by atoms with van der Waals surface area (Å²) in [5, 5.41) is 8.64. The average Bonchev–Trinajstić information content (AvgIpc) is 2.98. The van der Waals surface area contributed by atoms with Crippen LogP contribution in [0.15, 0.2) is 30.6 Å². The zero-order valence-corrected chi connectivity index (χ0v) is 17.7. The fourth-order valence-corrected chi connectivity index (χ4v) is 3.26. The number of nitrogens with zero attached hydrogens (tertiary/aromatic N) is 4. The third-order valence-electron chi connectivity index (χ3n) is 4.86. The van der Waals surface area contributed by atoms with E-state index in [1.54, 1.807) is 12.4 Å². The number of nitrogens with one attached hydrogen (secondary N) is 1. The van der Waals surface area contributed by atoms with Crippen molar-refractivity contribution in [2.45, 2.75) is 66.0 Å². The van der Waals surface area contributed by atoms with Crippen molar-refractivity contribution < 1.29 is 4.79 Å². The lowest BCUT2D eigenvalue weighted by molar-refractivity contribution is 0.0941. The molecule has 1 atom stereocenters. The smallest absolute Gasteiger partial charge is 0.252 e. The Morgan fingerprint density at radius 2 is 1.79 bits per heavy atom. The van der Waals surface area contributed by atoms with Gasteiger partial charge in [0.1, 0.15) is 0 Å². The molecule has 3 rings (SSSR count). The van der Waals surface area contributed by atoms with Gasteiger partial charge in [-0.3, -0.25) is 9.78 Å². The van der Waals surface area contributed by atoms with Gasteiger partial charge >= 0.3 is 0 Å². The van der Waals surface area contributed by atoms with Gasteiger partial charge < -0.3 is 5.32 Å². The Labute approximate surface area is 166 Å². The van der Waals surface area contributed by atoms with Gasteiger partial charge in [-0.1, -0.05) is 13.8 Å². The summed E-state index contributed by atoms with van der Waals surface area (Å²) in [6, 6.07) is 5.60. The predicted molar refractivity (Wildman–Crippen MR) is 111 cm³/mol. The van der Waals surface area contributed by atoms with Crippen LogP contribution in [0.3, 0.4) is 0 Å². The predicted octanol–water partition coefficient (Wildman–Crippen LogP) is 4.50. The maximum atomic E-state index is 13.2. The number of hydrogen-bond acceptors (Lipinski definition) is 4. The Bertz CT molecular complexity index is 999. The van der Waals surface area contributed by atoms with E-state index in [1.165, 1.54) is 0 Å². The summed E-state index contributed by atoms with van der Waals surface area (Å²) in [5.74, 6) is 0.0902. The van der Waals surface area contributed by atoms with Crippen LogP contribution in [0.25, 0.3) is 11.0 Å². The van der Waals surface area contributed by atoms with Crippen LogP contribution in [0.5, 0.6) is 0 Å². The van der Waals surface area contributed by atoms with E-state index in [9.17, 15) is 4.79 Å². The first-order valence-corrected chi connectivity index (χ1v) is 9.71. The number of rotatable bonds is 4. The first-order valence-electron chi connectivity index (χ1n) is 9.71. The minimum absolute atomic E-state index is 0.116. The van der Waals surface area contributed by atoms with Crippen molar-refractivity contribution in [3.05, 3.63) is 53.1 Å². The maximum Gasteiger partial charge on any atom is 0.252 e. The molecule has 0 spiro atoms. The second kappa shape index (κ2) is 7.34. The van der Waals surface area contributed by atoms with Crippen LogP contribution in [-0.4, -0.2) is 25.7 Å². The fraction of sp³-hybridized carbons (Fsp3) is 0.455. The highest BCUT2D eigenvalue weighted by molar-refractivity contribution is 6.06. The molecule has 0 aliphatic rings. The fourth-order valence-electron chi connectivity index (χ4n) is 3.26. The number of pyridine rings is 2. The molecule has 0 radical (unpaired) electrons. The standard InChI is InChI=1S/C22H29N5O/c1-13(2)18-12-17(21(28)24-14(3)16-8-10-23-11-9-16)19-15(4)26-27(20(19)25-18)22(5,6)7/h8-14H,1-7H3,(H,24,28)/t14-/m0/s1. The third kappa shape index (κ3) is 3.77. The van der Waals surface area contributed by atoms with Crippen LogP contribution in [0.1, 0.15) is 80.8 Å². The molecule has 1 amide bonds. The molecule has 148 valence electrons. The quantitative estimate of drug-likeness (QED) is 0.724. The topological polar surface area (TPSA) is 72.7 Å². The van der Waals surface area contributed by atoms with E-state index < -0.39 is 0 Å². The van der Waals surface area contributed by atoms with Gasteiger partial charge in [0.25, 0.3) is 5.91 Å². The van der Waals surface area contributed by atoms with Gasteiger partial charge in [-0.25, -0.2) is 9.67 Å². The lowest BCUT2D eigenvalue weighted by Gasteiger charge is -2.21. The summed E-state index contributed by atoms with van der Waals surface area (Å²) in [7, 11) is 0. The van der Waals surface area contributed by atoms with Crippen molar-refractivity contribution in [3.8, 4) is 0 Å². The number of hydrogen-bond donors (Lipinski definition) is 1. The van der Waals surface area contributed by atoms with Crippen LogP contribution in [-0.2, 0) is 5.54 Å². The van der Waals surface area contributed by atoms with E-state index in [-0.39, 0.29) is 23.4 Å². The van der Waals surface area contributed by atoms with Gasteiger partial charge in [0.2, 0.25) is 0 Å². The van der Waals surface area contributed by atoms with Crippen molar-refractivity contribution in [2.24, 2.45) is 0 Å². The molecule has 6 nitrogen and oxygen atoms in total. The minimum Gasteiger partial charge on any atom is -0.345 e. The molecule has 0 saturated carbocycles. The van der Waals surface area contributed by atoms with Crippen LogP contribution >= 0.6 is 0 Å². The molecule has 3 aromatic rings. The van der Waals surface area contributed by atoms with E-state index in [1.807, 2.05) is 36.7 Å². The molecule has 6 heteroatoms. The van der Waals surface area contributed by atoms with Crippen LogP contribution in [0, 0.1) is 6.92 Å². The van der Waals surface area contributed by atoms with Crippen LogP contribution < -0.4 is 5.32 Å². The molecule has 0 saturated heterocycles. The monoisotopic (exact) mass is 379 g/mol. The van der Waals surface area contributed by atoms with Gasteiger partial charge in [-0.2, -0.15) is 5.10 Å². The molecule has 28 heavy (non-hydrogen) atoms. The highest BCUT2D eigenvalue weighted by Crippen LogP contribution is 2.29. The molecular formula is C22H29N5O. The molecule has 3 heterocycles. The van der Waals surface area contributed by atoms with Gasteiger partial charge in [0.15, 0.2) is 5.65 Å². The van der Waals surface area contributed by atoms with Crippen molar-refractivity contribution in [1.82, 2.24) is 25.1 Å². The minimum atomic E-state index is -0.229. The number of aryl methyl sites for hydroxylation is 1. The van der Waals surface area contributed by atoms with Gasteiger partial charge in [-0.15, -0.1) is 0 Å². The second-order valence-electron chi connectivity index (χ2n) is 8.59. The number of fused-ring (bicyclic) bond motifs is 1. The van der Waals surface area contributed by atoms with E-state index in [0.29, 0.717) is 5.56 Å². The number of amides is 1. The highest BCUT2D eigenvalue weighted by atomic mass is 16.1. The van der Waals surface area contributed by atoms with Crippen molar-refractivity contribution in [2.75, 3.05) is 0 Å². The van der Waals surface area contributed by atoms with E-state index in [4.69, 9.17) is 10.1 Å². The molecule has 0 aromatic carbocycles. The van der Waals surface area contributed by atoms with E-state index >= 15 is 0 Å². The van der Waals surface area contributed by atoms with Crippen LogP contribution in [0.2, 0.25) is 0 Å². The molecule has 1 N–H and O–H groups in total. The lowest BCUT2D eigenvalue weighted by Crippen LogP contribution is -2.27. The summed E-state index contributed by atoms with van der Waals surface area (Å²) in [6.45, 7) is 14.3. The first-order chi connectivity index (χ1) is 13.1. The average molecular weight is 380 g/mol. The van der Waals surface area contributed by atoms with Crippen molar-refractivity contribution >= 4 is 16.9 Å². The Kier molecular flexibility index (Phi) is 5.24. The van der Waals surface area contributed by atoms with Gasteiger partial charge in [0, 0.05) is 18.1 Å². The number of carbonyl (C=O) groups is 1. The molecule has 3 aromatic heterocycles.